The standard InChI is InChI=1S/C14H31NO5S.2C2H6/c1-14(2,3)4-7-20-21-15-5-8-17-10-12-19-13-11-18-9-6-16;2*1-2/h15-16H,4-13H2,1-3H3;2*1-2H3. The molecule has 0 saturated carbocycles. The Hall–Kier alpha value is 0.110. The maximum Gasteiger partial charge on any atom is 0.0789 e. The quantitative estimate of drug-likeness (QED) is 0.253. The Morgan fingerprint density at radius 1 is 0.760 bits per heavy atom. The van der Waals surface area contributed by atoms with Gasteiger partial charge >= 0.3 is 0 Å². The van der Waals surface area contributed by atoms with Crippen LogP contribution in [0.4, 0.5) is 0 Å². The molecule has 0 aliphatic rings. The summed E-state index contributed by atoms with van der Waals surface area (Å²) in [6.45, 7) is 19.3. The van der Waals surface area contributed by atoms with Gasteiger partial charge < -0.3 is 23.5 Å². The number of ether oxygens (including phenoxy) is 3. The van der Waals surface area contributed by atoms with Crippen LogP contribution < -0.4 is 4.72 Å². The summed E-state index contributed by atoms with van der Waals surface area (Å²) in [5.74, 6) is 0. The van der Waals surface area contributed by atoms with E-state index in [-0.39, 0.29) is 6.61 Å². The summed E-state index contributed by atoms with van der Waals surface area (Å²) in [7, 11) is 0. The molecule has 0 aliphatic heterocycles. The normalized spacial score (nSPS) is 10.6. The van der Waals surface area contributed by atoms with Gasteiger partial charge in [-0.25, -0.2) is 4.72 Å². The molecular formula is C18H43NO5S. The summed E-state index contributed by atoms with van der Waals surface area (Å²) in [5, 5.41) is 8.49. The van der Waals surface area contributed by atoms with Crippen LogP contribution in [0.5, 0.6) is 0 Å². The zero-order valence-corrected chi connectivity index (χ0v) is 18.4. The van der Waals surface area contributed by atoms with Crippen molar-refractivity contribution in [3.8, 4) is 0 Å². The van der Waals surface area contributed by atoms with Crippen LogP contribution in [0.2, 0.25) is 0 Å². The molecule has 0 atom stereocenters. The highest BCUT2D eigenvalue weighted by Crippen LogP contribution is 2.18. The van der Waals surface area contributed by atoms with Crippen molar-refractivity contribution >= 4 is 12.2 Å². The predicted molar refractivity (Wildman–Crippen MR) is 108 cm³/mol. The lowest BCUT2D eigenvalue weighted by Crippen LogP contribution is -2.16. The summed E-state index contributed by atoms with van der Waals surface area (Å²) in [4.78, 5) is 0. The highest BCUT2D eigenvalue weighted by Gasteiger charge is 2.09. The molecule has 0 amide bonds. The van der Waals surface area contributed by atoms with Gasteiger partial charge in [0.15, 0.2) is 0 Å². The average molecular weight is 386 g/mol. The Balaban J connectivity index is -0.00000112. The van der Waals surface area contributed by atoms with Crippen LogP contribution in [0, 0.1) is 5.41 Å². The summed E-state index contributed by atoms with van der Waals surface area (Å²) in [5.41, 5.74) is 0.312. The van der Waals surface area contributed by atoms with E-state index in [1.54, 1.807) is 0 Å². The number of aliphatic hydroxyl groups is 1. The third-order valence-electron chi connectivity index (χ3n) is 2.38. The molecule has 0 rings (SSSR count). The van der Waals surface area contributed by atoms with Crippen LogP contribution in [0.25, 0.3) is 0 Å². The van der Waals surface area contributed by atoms with Crippen molar-refractivity contribution in [1.29, 1.82) is 0 Å². The molecule has 0 aromatic carbocycles. The number of aliphatic hydroxyl groups excluding tert-OH is 1. The lowest BCUT2D eigenvalue weighted by atomic mass is 9.93. The van der Waals surface area contributed by atoms with Crippen LogP contribution in [0.1, 0.15) is 54.9 Å². The van der Waals surface area contributed by atoms with E-state index in [0.29, 0.717) is 45.1 Å². The van der Waals surface area contributed by atoms with Crippen molar-refractivity contribution in [1.82, 2.24) is 4.72 Å². The molecule has 0 radical (unpaired) electrons. The summed E-state index contributed by atoms with van der Waals surface area (Å²) in [6.07, 6.45) is 1.04. The molecule has 0 aromatic rings. The topological polar surface area (TPSA) is 69.2 Å². The van der Waals surface area contributed by atoms with Crippen molar-refractivity contribution in [2.24, 2.45) is 5.41 Å². The van der Waals surface area contributed by atoms with E-state index in [9.17, 15) is 0 Å². The van der Waals surface area contributed by atoms with E-state index >= 15 is 0 Å². The number of nitrogens with one attached hydrogen (secondary N) is 1. The molecule has 6 nitrogen and oxygen atoms in total. The third-order valence-corrected chi connectivity index (χ3v) is 2.99. The van der Waals surface area contributed by atoms with Crippen LogP contribution in [0.3, 0.4) is 0 Å². The Morgan fingerprint density at radius 3 is 1.72 bits per heavy atom. The Kier molecular flexibility index (Phi) is 31.5. The van der Waals surface area contributed by atoms with Crippen molar-refractivity contribution in [2.45, 2.75) is 54.9 Å². The second-order valence-corrected chi connectivity index (χ2v) is 6.36. The minimum Gasteiger partial charge on any atom is -0.394 e. The monoisotopic (exact) mass is 385 g/mol. The van der Waals surface area contributed by atoms with Crippen molar-refractivity contribution in [3.05, 3.63) is 0 Å². The van der Waals surface area contributed by atoms with Crippen LogP contribution in [-0.4, -0.2) is 64.5 Å². The minimum absolute atomic E-state index is 0.0496. The molecule has 0 spiro atoms. The molecule has 0 unspecified atom stereocenters. The fourth-order valence-corrected chi connectivity index (χ4v) is 1.61. The number of hydrogen-bond acceptors (Lipinski definition) is 7. The first-order chi connectivity index (χ1) is 12.1. The molecule has 0 aliphatic carbocycles. The molecule has 2 N–H and O–H groups in total. The summed E-state index contributed by atoms with van der Waals surface area (Å²) >= 11 is 1.28. The average Bonchev–Trinajstić information content (AvgIpc) is 2.61. The maximum absolute atomic E-state index is 8.49. The SMILES string of the molecule is CC.CC.CC(C)(C)CCOSNCCOCCOCCOCCO. The minimum atomic E-state index is 0.0496. The molecule has 0 saturated heterocycles. The second-order valence-electron chi connectivity index (χ2n) is 5.67. The van der Waals surface area contributed by atoms with Crippen LogP contribution in [0.15, 0.2) is 0 Å². The van der Waals surface area contributed by atoms with E-state index in [1.807, 2.05) is 27.7 Å². The van der Waals surface area contributed by atoms with E-state index in [1.165, 1.54) is 12.2 Å². The summed E-state index contributed by atoms with van der Waals surface area (Å²) in [6, 6.07) is 0. The largest absolute Gasteiger partial charge is 0.394 e. The van der Waals surface area contributed by atoms with E-state index in [0.717, 1.165) is 19.6 Å². The van der Waals surface area contributed by atoms with Gasteiger partial charge in [-0.3, -0.25) is 0 Å². The highest BCUT2D eigenvalue weighted by molar-refractivity contribution is 7.92. The lowest BCUT2D eigenvalue weighted by Gasteiger charge is -2.17. The van der Waals surface area contributed by atoms with Gasteiger partial charge in [-0.1, -0.05) is 48.5 Å². The molecular weight excluding hydrogens is 342 g/mol. The lowest BCUT2D eigenvalue weighted by molar-refractivity contribution is 0.00862. The number of rotatable bonds is 15. The first kappa shape index (κ1) is 29.9. The van der Waals surface area contributed by atoms with Gasteiger partial charge in [-0.15, -0.1) is 0 Å². The van der Waals surface area contributed by atoms with Gasteiger partial charge in [0, 0.05) is 6.54 Å². The van der Waals surface area contributed by atoms with Gasteiger partial charge in [-0.05, 0) is 11.8 Å². The molecule has 25 heavy (non-hydrogen) atoms. The highest BCUT2D eigenvalue weighted by atomic mass is 32.2. The van der Waals surface area contributed by atoms with Gasteiger partial charge in [0.2, 0.25) is 0 Å². The van der Waals surface area contributed by atoms with E-state index in [4.69, 9.17) is 23.5 Å². The second kappa shape index (κ2) is 26.3. The van der Waals surface area contributed by atoms with E-state index in [2.05, 4.69) is 25.5 Å². The van der Waals surface area contributed by atoms with Gasteiger partial charge in [0.05, 0.1) is 65.1 Å². The fourth-order valence-electron chi connectivity index (χ4n) is 1.19. The predicted octanol–water partition coefficient (Wildman–Crippen LogP) is 3.69. The van der Waals surface area contributed by atoms with Gasteiger partial charge in [0.1, 0.15) is 0 Å². The Bertz CT molecular complexity index is 216. The van der Waals surface area contributed by atoms with Crippen molar-refractivity contribution in [3.63, 3.8) is 0 Å². The van der Waals surface area contributed by atoms with Crippen LogP contribution >= 0.6 is 12.2 Å². The maximum atomic E-state index is 8.49. The zero-order chi connectivity index (χ0) is 19.8. The molecule has 0 bridgehead atoms. The fraction of sp³-hybridized carbons (Fsp3) is 1.00. The van der Waals surface area contributed by atoms with E-state index < -0.39 is 0 Å². The molecule has 0 heterocycles. The number of hydrogen-bond donors (Lipinski definition) is 2. The van der Waals surface area contributed by atoms with Gasteiger partial charge in [-0.2, -0.15) is 0 Å². The zero-order valence-electron chi connectivity index (χ0n) is 17.6. The molecule has 0 fully saturated rings. The Labute approximate surface area is 160 Å². The van der Waals surface area contributed by atoms with Crippen molar-refractivity contribution < 1.29 is 23.5 Å². The molecule has 0 aromatic heterocycles. The Morgan fingerprint density at radius 2 is 1.24 bits per heavy atom. The first-order valence-electron chi connectivity index (χ1n) is 9.41. The molecule has 7 heteroatoms. The first-order valence-corrected chi connectivity index (χ1v) is 10.2. The summed E-state index contributed by atoms with van der Waals surface area (Å²) < 4.78 is 24.2. The third kappa shape index (κ3) is 35.9. The molecule has 156 valence electrons. The van der Waals surface area contributed by atoms with Crippen molar-refractivity contribution in [2.75, 3.05) is 59.4 Å². The van der Waals surface area contributed by atoms with Gasteiger partial charge in [0.25, 0.3) is 0 Å². The van der Waals surface area contributed by atoms with Crippen LogP contribution in [-0.2, 0) is 18.4 Å². The smallest absolute Gasteiger partial charge is 0.0789 e.